The molecule has 2 N–H and O–H groups in total. The average Bonchev–Trinajstić information content (AvgIpc) is 3.47. The first-order valence-electron chi connectivity index (χ1n) is 14.8. The Morgan fingerprint density at radius 3 is 2.37 bits per heavy atom. The van der Waals surface area contributed by atoms with Crippen LogP contribution in [0.4, 0.5) is 0 Å². The van der Waals surface area contributed by atoms with Gasteiger partial charge in [-0.25, -0.2) is 9.59 Å². The number of likely N-dealkylation sites (tertiary alicyclic amines) is 1. The van der Waals surface area contributed by atoms with E-state index in [1.165, 1.54) is 21.6 Å². The van der Waals surface area contributed by atoms with Crippen molar-refractivity contribution >= 4 is 28.6 Å². The molecule has 1 heterocycles. The summed E-state index contributed by atoms with van der Waals surface area (Å²) >= 11 is 0. The average molecular weight is 592 g/mol. The fraction of sp³-hybridized carbons (Fsp3) is 0.441. The molecule has 0 aliphatic carbocycles. The minimum absolute atomic E-state index is 0.152. The highest BCUT2D eigenvalue weighted by Gasteiger charge is 2.40. The van der Waals surface area contributed by atoms with Crippen molar-refractivity contribution in [3.63, 3.8) is 0 Å². The summed E-state index contributed by atoms with van der Waals surface area (Å²) in [7, 11) is 0. The van der Waals surface area contributed by atoms with E-state index < -0.39 is 36.7 Å². The van der Waals surface area contributed by atoms with Crippen molar-refractivity contribution < 1.29 is 38.8 Å². The van der Waals surface area contributed by atoms with Crippen LogP contribution in [-0.2, 0) is 41.6 Å². The molecule has 0 aromatic heterocycles. The summed E-state index contributed by atoms with van der Waals surface area (Å²) in [6.45, 7) is 4.53. The van der Waals surface area contributed by atoms with Crippen LogP contribution in [0.3, 0.4) is 0 Å². The Balaban J connectivity index is 1.31. The Labute approximate surface area is 252 Å². The second kappa shape index (κ2) is 15.6. The lowest BCUT2D eigenvalue weighted by molar-refractivity contribution is -0.176. The number of rotatable bonds is 16. The zero-order chi connectivity index (χ0) is 30.8. The number of aliphatic carboxylic acids is 2. The van der Waals surface area contributed by atoms with Crippen molar-refractivity contribution in [2.45, 2.75) is 70.9 Å². The van der Waals surface area contributed by atoms with Crippen LogP contribution in [0.5, 0.6) is 0 Å². The molecule has 2 unspecified atom stereocenters. The summed E-state index contributed by atoms with van der Waals surface area (Å²) in [6.07, 6.45) is 0.463. The second-order valence-corrected chi connectivity index (χ2v) is 11.2. The molecule has 0 saturated carbocycles. The molecule has 230 valence electrons. The van der Waals surface area contributed by atoms with Crippen LogP contribution < -0.4 is 0 Å². The van der Waals surface area contributed by atoms with Crippen LogP contribution in [0.1, 0.15) is 47.9 Å². The molecule has 3 aromatic rings. The zero-order valence-corrected chi connectivity index (χ0v) is 24.9. The molecule has 43 heavy (non-hydrogen) atoms. The van der Waals surface area contributed by atoms with Gasteiger partial charge in [0.15, 0.2) is 12.2 Å². The number of carboxylic acid groups (broad SMARTS) is 2. The van der Waals surface area contributed by atoms with E-state index >= 15 is 0 Å². The molecule has 0 spiro atoms. The zero-order valence-electron chi connectivity index (χ0n) is 24.9. The van der Waals surface area contributed by atoms with Crippen LogP contribution in [0.25, 0.3) is 10.8 Å². The van der Waals surface area contributed by atoms with E-state index in [-0.39, 0.29) is 19.3 Å². The van der Waals surface area contributed by atoms with Gasteiger partial charge in [-0.3, -0.25) is 4.79 Å². The summed E-state index contributed by atoms with van der Waals surface area (Å²) in [4.78, 5) is 38.2. The lowest BCUT2D eigenvalue weighted by Gasteiger charge is -2.27. The van der Waals surface area contributed by atoms with Crippen molar-refractivity contribution in [3.05, 3.63) is 82.9 Å². The van der Waals surface area contributed by atoms with Crippen molar-refractivity contribution in [2.75, 3.05) is 26.3 Å². The van der Waals surface area contributed by atoms with Gasteiger partial charge in [0.05, 0.1) is 12.7 Å². The van der Waals surface area contributed by atoms with E-state index in [0.717, 1.165) is 35.6 Å². The predicted molar refractivity (Wildman–Crippen MR) is 162 cm³/mol. The second-order valence-electron chi connectivity index (χ2n) is 11.2. The van der Waals surface area contributed by atoms with Gasteiger partial charge in [0.25, 0.3) is 5.91 Å². The number of ether oxygens (including phenoxy) is 3. The first kappa shape index (κ1) is 32.1. The Kier molecular flexibility index (Phi) is 11.7. The number of nitrogens with zero attached hydrogens (tertiary/aromatic N) is 1. The smallest absolute Gasteiger partial charge is 0.336 e. The molecule has 0 radical (unpaired) electrons. The highest BCUT2D eigenvalue weighted by molar-refractivity contribution is 5.88. The largest absolute Gasteiger partial charge is 0.480 e. The summed E-state index contributed by atoms with van der Waals surface area (Å²) in [5.74, 6) is -3.31. The number of carboxylic acids is 2. The lowest BCUT2D eigenvalue weighted by Crippen LogP contribution is -2.50. The molecule has 1 saturated heterocycles. The molecule has 3 aromatic carbocycles. The topological polar surface area (TPSA) is 123 Å². The van der Waals surface area contributed by atoms with E-state index in [0.29, 0.717) is 26.0 Å². The van der Waals surface area contributed by atoms with Gasteiger partial charge in [0.2, 0.25) is 0 Å². The predicted octanol–water partition coefficient (Wildman–Crippen LogP) is 4.93. The van der Waals surface area contributed by atoms with Gasteiger partial charge in [-0.05, 0) is 78.6 Å². The van der Waals surface area contributed by atoms with E-state index in [4.69, 9.17) is 19.3 Å². The minimum atomic E-state index is -1.74. The van der Waals surface area contributed by atoms with Crippen molar-refractivity contribution in [2.24, 2.45) is 0 Å². The van der Waals surface area contributed by atoms with Gasteiger partial charge in [-0.2, -0.15) is 0 Å². The van der Waals surface area contributed by atoms with Gasteiger partial charge in [-0.15, -0.1) is 0 Å². The van der Waals surface area contributed by atoms with E-state index in [9.17, 15) is 19.5 Å². The number of hydrogen-bond donors (Lipinski definition) is 2. The number of carbonyl (C=O) groups is 3. The fourth-order valence-electron chi connectivity index (χ4n) is 5.30. The number of benzene rings is 3. The molecule has 1 aliphatic heterocycles. The summed E-state index contributed by atoms with van der Waals surface area (Å²) in [5, 5.41) is 21.1. The highest BCUT2D eigenvalue weighted by atomic mass is 16.6. The molecule has 4 rings (SSSR count). The minimum Gasteiger partial charge on any atom is -0.480 e. The molecular formula is C34H41NO8. The Morgan fingerprint density at radius 2 is 1.63 bits per heavy atom. The maximum atomic E-state index is 13.5. The number of fused-ring (bicyclic) bond motifs is 1. The monoisotopic (exact) mass is 591 g/mol. The van der Waals surface area contributed by atoms with Crippen LogP contribution in [-0.4, -0.2) is 77.6 Å². The molecule has 1 fully saturated rings. The summed E-state index contributed by atoms with van der Waals surface area (Å²) < 4.78 is 17.1. The maximum absolute atomic E-state index is 13.5. The van der Waals surface area contributed by atoms with Crippen LogP contribution in [0.2, 0.25) is 0 Å². The van der Waals surface area contributed by atoms with E-state index in [2.05, 4.69) is 44.2 Å². The molecule has 9 nitrogen and oxygen atoms in total. The van der Waals surface area contributed by atoms with Crippen molar-refractivity contribution in [1.29, 1.82) is 0 Å². The third kappa shape index (κ3) is 9.35. The fourth-order valence-corrected chi connectivity index (χ4v) is 5.30. The summed E-state index contributed by atoms with van der Waals surface area (Å²) in [6, 6.07) is 20.7. The molecule has 0 bridgehead atoms. The number of amides is 1. The van der Waals surface area contributed by atoms with Crippen molar-refractivity contribution in [1.82, 2.24) is 4.90 Å². The molecular weight excluding hydrogens is 550 g/mol. The highest BCUT2D eigenvalue weighted by Crippen LogP contribution is 2.21. The van der Waals surface area contributed by atoms with Gasteiger partial charge in [-0.1, -0.05) is 61.0 Å². The van der Waals surface area contributed by atoms with Crippen LogP contribution in [0, 0.1) is 13.8 Å². The van der Waals surface area contributed by atoms with Gasteiger partial charge < -0.3 is 29.3 Å². The molecule has 1 amide bonds. The number of carbonyl (C=O) groups excluding carboxylic acids is 1. The number of aryl methyl sites for hydroxylation is 3. The van der Waals surface area contributed by atoms with Gasteiger partial charge in [0.1, 0.15) is 6.61 Å². The third-order valence-electron chi connectivity index (χ3n) is 7.88. The number of hydrogen-bond acceptors (Lipinski definition) is 6. The standard InChI is InChI=1S/C34H41NO8/c1-23-11-12-25(18-24(23)2)8-4-3-7-17-41-31(32(34(39)40)43-22-30(36)37)33(38)35-16-15-29(20-35)42-21-26-13-14-27-9-5-6-10-28(27)19-26/h5-6,9-14,18-19,29,31-32H,3-4,7-8,15-17,20-22H2,1-2H3,(H,36,37)(H,39,40)/t29-,31?,32?/m0/s1. The van der Waals surface area contributed by atoms with Gasteiger partial charge >= 0.3 is 11.9 Å². The first-order chi connectivity index (χ1) is 20.7. The van der Waals surface area contributed by atoms with E-state index in [1.54, 1.807) is 0 Å². The molecule has 1 aliphatic rings. The number of unbranched alkanes of at least 4 members (excludes halogenated alkanes) is 2. The molecule has 3 atom stereocenters. The van der Waals surface area contributed by atoms with Gasteiger partial charge in [0, 0.05) is 19.7 Å². The SMILES string of the molecule is Cc1ccc(CCCCCOC(C(=O)N2CC[C@H](OCc3ccc4ccccc4c3)C2)C(OCC(=O)O)C(=O)O)cc1C. The van der Waals surface area contributed by atoms with Crippen molar-refractivity contribution in [3.8, 4) is 0 Å². The third-order valence-corrected chi connectivity index (χ3v) is 7.88. The first-order valence-corrected chi connectivity index (χ1v) is 14.8. The molecule has 9 heteroatoms. The summed E-state index contributed by atoms with van der Waals surface area (Å²) in [5.41, 5.74) is 4.80. The Morgan fingerprint density at radius 1 is 0.860 bits per heavy atom. The maximum Gasteiger partial charge on any atom is 0.336 e. The van der Waals surface area contributed by atoms with Crippen LogP contribution >= 0.6 is 0 Å². The Bertz CT molecular complexity index is 1410. The normalized spacial score (nSPS) is 16.3. The Hall–Kier alpha value is -3.79. The van der Waals surface area contributed by atoms with Crippen LogP contribution in [0.15, 0.2) is 60.7 Å². The lowest BCUT2D eigenvalue weighted by atomic mass is 10.0. The van der Waals surface area contributed by atoms with E-state index in [1.807, 2.05) is 30.3 Å². The quantitative estimate of drug-likeness (QED) is 0.225.